The number of nitrogens with two attached hydrogens (primary N) is 3. The van der Waals surface area contributed by atoms with Crippen LogP contribution in [0.5, 0.6) is 0 Å². The third-order valence-corrected chi connectivity index (χ3v) is 9.16. The van der Waals surface area contributed by atoms with Crippen molar-refractivity contribution in [3.05, 3.63) is 69.8 Å². The second-order valence-corrected chi connectivity index (χ2v) is 13.4. The quantitative estimate of drug-likeness (QED) is 0.230. The first-order valence-corrected chi connectivity index (χ1v) is 16.6. The van der Waals surface area contributed by atoms with Crippen LogP contribution in [0.2, 0.25) is 0 Å². The zero-order valence-corrected chi connectivity index (χ0v) is 28.1. The summed E-state index contributed by atoms with van der Waals surface area (Å²) in [5.74, 6) is 0.294. The summed E-state index contributed by atoms with van der Waals surface area (Å²) in [5.41, 5.74) is 25.9. The largest absolute Gasteiger partial charge is 0.335 e. The lowest BCUT2D eigenvalue weighted by Gasteiger charge is -2.48. The predicted molar refractivity (Wildman–Crippen MR) is 181 cm³/mol. The number of benzene rings is 2. The minimum atomic E-state index is -0.639. The Morgan fingerprint density at radius 3 is 1.75 bits per heavy atom. The molecular weight excluding hydrogens is 548 g/mol. The van der Waals surface area contributed by atoms with Crippen molar-refractivity contribution in [3.63, 3.8) is 0 Å². The van der Waals surface area contributed by atoms with Gasteiger partial charge in [0.1, 0.15) is 0 Å². The third-order valence-electron chi connectivity index (χ3n) is 9.16. The molecule has 1 heterocycles. The van der Waals surface area contributed by atoms with Crippen molar-refractivity contribution < 1.29 is 9.59 Å². The van der Waals surface area contributed by atoms with E-state index in [-0.39, 0.29) is 23.9 Å². The lowest BCUT2D eigenvalue weighted by Crippen LogP contribution is -2.65. The summed E-state index contributed by atoms with van der Waals surface area (Å²) in [6.45, 7) is 15.9. The van der Waals surface area contributed by atoms with Gasteiger partial charge in [-0.25, -0.2) is 0 Å². The van der Waals surface area contributed by atoms with E-state index in [0.717, 1.165) is 49.9 Å². The van der Waals surface area contributed by atoms with Gasteiger partial charge in [-0.2, -0.15) is 0 Å². The zero-order valence-electron chi connectivity index (χ0n) is 28.1. The van der Waals surface area contributed by atoms with E-state index < -0.39 is 12.1 Å². The highest BCUT2D eigenvalue weighted by Crippen LogP contribution is 2.26. The van der Waals surface area contributed by atoms with Crippen LogP contribution in [0.25, 0.3) is 0 Å². The molecular formula is C36H58N6O2. The van der Waals surface area contributed by atoms with Crippen LogP contribution in [-0.2, 0) is 22.4 Å². The van der Waals surface area contributed by atoms with Crippen LogP contribution in [0, 0.1) is 33.6 Å². The van der Waals surface area contributed by atoms with Crippen molar-refractivity contribution in [2.45, 2.75) is 104 Å². The van der Waals surface area contributed by atoms with Gasteiger partial charge in [-0.05, 0) is 106 Å². The summed E-state index contributed by atoms with van der Waals surface area (Å²) in [5, 5.41) is 3.36. The van der Waals surface area contributed by atoms with Gasteiger partial charge in [-0.1, -0.05) is 56.7 Å². The summed E-state index contributed by atoms with van der Waals surface area (Å²) < 4.78 is 0. The molecule has 2 amide bonds. The Labute approximate surface area is 266 Å². The Hall–Kier alpha value is -2.78. The first-order chi connectivity index (χ1) is 20.9. The van der Waals surface area contributed by atoms with Crippen LogP contribution in [-0.4, -0.2) is 78.5 Å². The molecule has 0 aliphatic carbocycles. The second-order valence-electron chi connectivity index (χ2n) is 13.4. The number of piperazine rings is 1. The standard InChI is InChI=1S/C36H58N6O2/c1-24(2)17-32-23-41(35(43)33(38)20-29-12-10-25(3)27(5)18-29)31(9-7-8-15-40-16-14-37)22-42(32)36(44)34(39)21-30-13-11-26(4)28(6)19-30/h10-13,18-19,24,31-34,40H,7-9,14-17,20-23,37-39H2,1-6H3/t31-,32+,33+,34+/m0/s1. The Morgan fingerprint density at radius 1 is 0.773 bits per heavy atom. The number of nitrogens with zero attached hydrogens (tertiary/aromatic N) is 2. The molecule has 2 aromatic rings. The first kappa shape index (κ1) is 35.7. The average Bonchev–Trinajstić information content (AvgIpc) is 2.98. The molecule has 1 aliphatic rings. The number of unbranched alkanes of at least 4 members (excludes halogenated alkanes) is 1. The molecule has 1 aliphatic heterocycles. The molecule has 7 N–H and O–H groups in total. The van der Waals surface area contributed by atoms with Crippen LogP contribution in [0.4, 0.5) is 0 Å². The maximum Gasteiger partial charge on any atom is 0.240 e. The highest BCUT2D eigenvalue weighted by Gasteiger charge is 2.40. The van der Waals surface area contributed by atoms with Crippen LogP contribution in [0.1, 0.15) is 72.9 Å². The molecule has 1 fully saturated rings. The van der Waals surface area contributed by atoms with Gasteiger partial charge in [0.15, 0.2) is 0 Å². The summed E-state index contributed by atoms with van der Waals surface area (Å²) in [4.78, 5) is 32.0. The van der Waals surface area contributed by atoms with Gasteiger partial charge < -0.3 is 32.3 Å². The van der Waals surface area contributed by atoms with Gasteiger partial charge in [-0.15, -0.1) is 0 Å². The van der Waals surface area contributed by atoms with E-state index >= 15 is 0 Å². The van der Waals surface area contributed by atoms with Gasteiger partial charge in [0.05, 0.1) is 12.1 Å². The smallest absolute Gasteiger partial charge is 0.240 e. The maximum absolute atomic E-state index is 14.0. The molecule has 0 bridgehead atoms. The van der Waals surface area contributed by atoms with Gasteiger partial charge in [-0.3, -0.25) is 9.59 Å². The molecule has 244 valence electrons. The van der Waals surface area contributed by atoms with E-state index in [4.69, 9.17) is 17.2 Å². The Kier molecular flexibility index (Phi) is 13.8. The SMILES string of the molecule is Cc1ccc(C[C@@H](N)C(=O)N2C[C@H](CCCCNCCN)N(C(=O)[C@H](N)Cc3ccc(C)c(C)c3)C[C@H]2CC(C)C)cc1C. The fourth-order valence-corrected chi connectivity index (χ4v) is 6.31. The van der Waals surface area contributed by atoms with Crippen LogP contribution in [0.15, 0.2) is 36.4 Å². The monoisotopic (exact) mass is 606 g/mol. The van der Waals surface area contributed by atoms with Crippen molar-refractivity contribution in [2.75, 3.05) is 32.7 Å². The molecule has 8 heteroatoms. The number of hydrogen-bond acceptors (Lipinski definition) is 6. The van der Waals surface area contributed by atoms with Gasteiger partial charge in [0.2, 0.25) is 11.8 Å². The summed E-state index contributed by atoms with van der Waals surface area (Å²) >= 11 is 0. The van der Waals surface area contributed by atoms with Crippen molar-refractivity contribution in [1.29, 1.82) is 0 Å². The topological polar surface area (TPSA) is 131 Å². The second kappa shape index (κ2) is 17.1. The molecule has 4 atom stereocenters. The van der Waals surface area contributed by atoms with E-state index in [9.17, 15) is 9.59 Å². The Balaban J connectivity index is 1.81. The molecule has 2 aromatic carbocycles. The average molecular weight is 607 g/mol. The fourth-order valence-electron chi connectivity index (χ4n) is 6.31. The molecule has 8 nitrogen and oxygen atoms in total. The zero-order chi connectivity index (χ0) is 32.4. The summed E-state index contributed by atoms with van der Waals surface area (Å²) in [7, 11) is 0. The van der Waals surface area contributed by atoms with Crippen molar-refractivity contribution >= 4 is 11.8 Å². The van der Waals surface area contributed by atoms with E-state index in [1.165, 1.54) is 22.3 Å². The lowest BCUT2D eigenvalue weighted by atomic mass is 9.92. The van der Waals surface area contributed by atoms with Gasteiger partial charge in [0, 0.05) is 38.3 Å². The lowest BCUT2D eigenvalue weighted by molar-refractivity contribution is -0.149. The minimum Gasteiger partial charge on any atom is -0.335 e. The van der Waals surface area contributed by atoms with Crippen LogP contribution >= 0.6 is 0 Å². The summed E-state index contributed by atoms with van der Waals surface area (Å²) in [6.07, 6.45) is 4.49. The Morgan fingerprint density at radius 2 is 1.27 bits per heavy atom. The molecule has 1 saturated heterocycles. The number of carbonyl (C=O) groups excluding carboxylic acids is 2. The molecule has 0 spiro atoms. The minimum absolute atomic E-state index is 0.0324. The molecule has 0 unspecified atom stereocenters. The predicted octanol–water partition coefficient (Wildman–Crippen LogP) is 3.53. The van der Waals surface area contributed by atoms with Crippen molar-refractivity contribution in [2.24, 2.45) is 23.1 Å². The van der Waals surface area contributed by atoms with E-state index in [0.29, 0.717) is 38.4 Å². The highest BCUT2D eigenvalue weighted by atomic mass is 16.2. The maximum atomic E-state index is 14.0. The number of nitrogens with one attached hydrogen (secondary N) is 1. The number of carbonyl (C=O) groups is 2. The third kappa shape index (κ3) is 10.1. The number of rotatable bonds is 15. The normalized spacial score (nSPS) is 18.5. The molecule has 0 aromatic heterocycles. The van der Waals surface area contributed by atoms with Crippen molar-refractivity contribution in [3.8, 4) is 0 Å². The van der Waals surface area contributed by atoms with Crippen LogP contribution in [0.3, 0.4) is 0 Å². The highest BCUT2D eigenvalue weighted by molar-refractivity contribution is 5.85. The van der Waals surface area contributed by atoms with E-state index in [1.54, 1.807) is 0 Å². The van der Waals surface area contributed by atoms with E-state index in [1.807, 2.05) is 9.80 Å². The van der Waals surface area contributed by atoms with Crippen LogP contribution < -0.4 is 22.5 Å². The fraction of sp³-hybridized carbons (Fsp3) is 0.611. The number of aryl methyl sites for hydroxylation is 4. The molecule has 0 radical (unpaired) electrons. The molecule has 0 saturated carbocycles. The number of hydrogen-bond donors (Lipinski definition) is 4. The number of amides is 2. The van der Waals surface area contributed by atoms with Crippen molar-refractivity contribution in [1.82, 2.24) is 15.1 Å². The van der Waals surface area contributed by atoms with Gasteiger partial charge in [0.25, 0.3) is 0 Å². The van der Waals surface area contributed by atoms with E-state index in [2.05, 4.69) is 83.3 Å². The van der Waals surface area contributed by atoms with Gasteiger partial charge >= 0.3 is 0 Å². The summed E-state index contributed by atoms with van der Waals surface area (Å²) in [6, 6.07) is 11.1. The molecule has 3 rings (SSSR count). The first-order valence-electron chi connectivity index (χ1n) is 16.6. The molecule has 44 heavy (non-hydrogen) atoms. The Bertz CT molecular complexity index is 1230.